The molecule has 0 amide bonds. The van der Waals surface area contributed by atoms with Crippen LogP contribution in [0.15, 0.2) is 59.8 Å². The lowest BCUT2D eigenvalue weighted by atomic mass is 10.0. The van der Waals surface area contributed by atoms with Crippen LogP contribution in [0, 0.1) is 12.7 Å². The summed E-state index contributed by atoms with van der Waals surface area (Å²) in [6, 6.07) is 10.9. The van der Waals surface area contributed by atoms with Crippen molar-refractivity contribution in [1.82, 2.24) is 19.4 Å². The maximum absolute atomic E-state index is 14.5. The molecule has 1 aromatic carbocycles. The first-order valence-corrected chi connectivity index (χ1v) is 14.7. The van der Waals surface area contributed by atoms with E-state index in [4.69, 9.17) is 16.3 Å². The Morgan fingerprint density at radius 1 is 1.14 bits per heavy atom. The van der Waals surface area contributed by atoms with E-state index in [1.165, 1.54) is 13.2 Å². The van der Waals surface area contributed by atoms with Crippen molar-refractivity contribution >= 4 is 34.2 Å². The molecule has 6 rings (SSSR count). The van der Waals surface area contributed by atoms with Gasteiger partial charge in [-0.15, -0.1) is 0 Å². The molecular formula is C32H33ClFN5O3. The van der Waals surface area contributed by atoms with Crippen LogP contribution in [0.4, 0.5) is 10.1 Å². The molecule has 0 unspecified atom stereocenters. The number of nitrogens with zero attached hydrogens (tertiary/aromatic N) is 5. The minimum Gasteiger partial charge on any atom is -0.464 e. The highest BCUT2D eigenvalue weighted by molar-refractivity contribution is 6.31. The molecular weight excluding hydrogens is 557 g/mol. The summed E-state index contributed by atoms with van der Waals surface area (Å²) in [6.45, 7) is 4.63. The zero-order valence-electron chi connectivity index (χ0n) is 23.7. The third-order valence-electron chi connectivity index (χ3n) is 8.23. The monoisotopic (exact) mass is 589 g/mol. The molecule has 42 heavy (non-hydrogen) atoms. The fourth-order valence-corrected chi connectivity index (χ4v) is 6.08. The van der Waals surface area contributed by atoms with E-state index in [0.29, 0.717) is 29.6 Å². The number of halogens is 2. The number of carbonyl (C=O) groups excluding carboxylic acids is 1. The van der Waals surface area contributed by atoms with Crippen molar-refractivity contribution in [3.8, 4) is 0 Å². The number of hydrogen-bond donors (Lipinski definition) is 0. The summed E-state index contributed by atoms with van der Waals surface area (Å²) in [5.74, 6) is -1.05. The summed E-state index contributed by atoms with van der Waals surface area (Å²) < 4.78 is 21.4. The Balaban J connectivity index is 1.34. The summed E-state index contributed by atoms with van der Waals surface area (Å²) in [5.41, 5.74) is 4.41. The van der Waals surface area contributed by atoms with Crippen molar-refractivity contribution in [1.29, 1.82) is 0 Å². The van der Waals surface area contributed by atoms with Gasteiger partial charge in [0.1, 0.15) is 11.5 Å². The van der Waals surface area contributed by atoms with Gasteiger partial charge in [-0.1, -0.05) is 11.6 Å². The standard InChI is InChI=1S/C32H33ClFN5O3/c1-20-12-21(9-10-35-20)16-38(25-4-3-11-37(19-25)24-7-8-29(36-15-24)32(41)42-2)17-22-18-39(23-5-6-23)30-14-27(33)28(34)13-26(30)31(22)40/h7-10,12-15,18,23,25H,3-6,11,16-17,19H2,1-2H3/t25-/m0/s1. The van der Waals surface area contributed by atoms with Gasteiger partial charge in [0.05, 0.1) is 29.5 Å². The van der Waals surface area contributed by atoms with Crippen LogP contribution < -0.4 is 10.3 Å². The Hall–Kier alpha value is -3.82. The van der Waals surface area contributed by atoms with E-state index in [-0.39, 0.29) is 28.2 Å². The number of rotatable bonds is 8. The van der Waals surface area contributed by atoms with Crippen LogP contribution in [0.3, 0.4) is 0 Å². The number of benzene rings is 1. The Morgan fingerprint density at radius 3 is 2.69 bits per heavy atom. The van der Waals surface area contributed by atoms with Gasteiger partial charge in [-0.25, -0.2) is 14.2 Å². The van der Waals surface area contributed by atoms with E-state index in [0.717, 1.165) is 55.7 Å². The lowest BCUT2D eigenvalue weighted by Gasteiger charge is -2.40. The highest BCUT2D eigenvalue weighted by Gasteiger charge is 2.29. The van der Waals surface area contributed by atoms with Crippen LogP contribution in [0.25, 0.3) is 10.9 Å². The summed E-state index contributed by atoms with van der Waals surface area (Å²) in [4.78, 5) is 38.9. The highest BCUT2D eigenvalue weighted by atomic mass is 35.5. The van der Waals surface area contributed by atoms with Gasteiger partial charge < -0.3 is 14.2 Å². The lowest BCUT2D eigenvalue weighted by molar-refractivity contribution is 0.0594. The predicted molar refractivity (Wildman–Crippen MR) is 160 cm³/mol. The number of pyridine rings is 3. The van der Waals surface area contributed by atoms with Crippen LogP contribution >= 0.6 is 11.6 Å². The van der Waals surface area contributed by atoms with Gasteiger partial charge in [0, 0.05) is 67.3 Å². The predicted octanol–water partition coefficient (Wildman–Crippen LogP) is 5.69. The molecule has 10 heteroatoms. The molecule has 8 nitrogen and oxygen atoms in total. The first-order valence-electron chi connectivity index (χ1n) is 14.3. The number of hydrogen-bond acceptors (Lipinski definition) is 7. The number of esters is 1. The normalized spacial score (nSPS) is 17.2. The fourth-order valence-electron chi connectivity index (χ4n) is 5.92. The number of methoxy groups -OCH3 is 1. The third-order valence-corrected chi connectivity index (χ3v) is 8.52. The molecule has 1 saturated carbocycles. The first-order chi connectivity index (χ1) is 20.3. The number of piperidine rings is 1. The van der Waals surface area contributed by atoms with Gasteiger partial charge in [0.15, 0.2) is 5.43 Å². The van der Waals surface area contributed by atoms with E-state index in [1.54, 1.807) is 18.3 Å². The zero-order chi connectivity index (χ0) is 29.4. The molecule has 0 N–H and O–H groups in total. The minimum absolute atomic E-state index is 0.0233. The summed E-state index contributed by atoms with van der Waals surface area (Å²) in [5, 5.41) is 0.387. The van der Waals surface area contributed by atoms with Gasteiger partial charge in [-0.3, -0.25) is 14.7 Å². The molecule has 1 aliphatic heterocycles. The van der Waals surface area contributed by atoms with Crippen molar-refractivity contribution in [2.75, 3.05) is 25.1 Å². The van der Waals surface area contributed by atoms with Crippen molar-refractivity contribution in [2.45, 2.75) is 57.8 Å². The van der Waals surface area contributed by atoms with Gasteiger partial charge >= 0.3 is 5.97 Å². The van der Waals surface area contributed by atoms with Crippen LogP contribution in [0.2, 0.25) is 5.02 Å². The van der Waals surface area contributed by atoms with Crippen LogP contribution in [0.5, 0.6) is 0 Å². The molecule has 218 valence electrons. The van der Waals surface area contributed by atoms with E-state index >= 15 is 0 Å². The lowest BCUT2D eigenvalue weighted by Crippen LogP contribution is -2.48. The largest absolute Gasteiger partial charge is 0.464 e. The summed E-state index contributed by atoms with van der Waals surface area (Å²) in [6.07, 6.45) is 9.44. The van der Waals surface area contributed by atoms with Crippen molar-refractivity contribution in [3.05, 3.63) is 98.6 Å². The Morgan fingerprint density at radius 2 is 1.98 bits per heavy atom. The number of anilines is 1. The topological polar surface area (TPSA) is 80.6 Å². The fraction of sp³-hybridized carbons (Fsp3) is 0.375. The van der Waals surface area contributed by atoms with Crippen molar-refractivity contribution in [3.63, 3.8) is 0 Å². The number of fused-ring (bicyclic) bond motifs is 1. The minimum atomic E-state index is -0.584. The number of aryl methyl sites for hydroxylation is 1. The van der Waals surface area contributed by atoms with Crippen LogP contribution in [-0.4, -0.2) is 51.6 Å². The molecule has 1 atom stereocenters. The molecule has 0 radical (unpaired) electrons. The molecule has 3 aromatic heterocycles. The smallest absolute Gasteiger partial charge is 0.356 e. The van der Waals surface area contributed by atoms with E-state index in [2.05, 4.69) is 30.4 Å². The number of carbonyl (C=O) groups is 1. The van der Waals surface area contributed by atoms with Gasteiger partial charge in [0.2, 0.25) is 0 Å². The third kappa shape index (κ3) is 5.89. The molecule has 4 heterocycles. The molecule has 2 aliphatic rings. The van der Waals surface area contributed by atoms with E-state index in [9.17, 15) is 14.0 Å². The Labute approximate surface area is 248 Å². The molecule has 0 bridgehead atoms. The highest BCUT2D eigenvalue weighted by Crippen LogP contribution is 2.38. The van der Waals surface area contributed by atoms with Crippen LogP contribution in [-0.2, 0) is 17.8 Å². The average molecular weight is 590 g/mol. The number of aromatic nitrogens is 3. The first kappa shape index (κ1) is 28.3. The van der Waals surface area contributed by atoms with E-state index < -0.39 is 11.8 Å². The van der Waals surface area contributed by atoms with Gasteiger partial charge in [-0.05, 0) is 74.6 Å². The zero-order valence-corrected chi connectivity index (χ0v) is 24.5. The molecule has 4 aromatic rings. The Kier molecular flexibility index (Phi) is 7.96. The van der Waals surface area contributed by atoms with Crippen LogP contribution in [0.1, 0.15) is 59.0 Å². The second kappa shape index (κ2) is 11.8. The molecule has 0 spiro atoms. The Bertz CT molecular complexity index is 1690. The molecule has 1 aliphatic carbocycles. The van der Waals surface area contributed by atoms with Gasteiger partial charge in [-0.2, -0.15) is 0 Å². The average Bonchev–Trinajstić information content (AvgIpc) is 3.84. The van der Waals surface area contributed by atoms with Gasteiger partial charge in [0.25, 0.3) is 0 Å². The maximum atomic E-state index is 14.5. The second-order valence-electron chi connectivity index (χ2n) is 11.3. The molecule has 1 saturated heterocycles. The van der Waals surface area contributed by atoms with Crippen molar-refractivity contribution < 1.29 is 13.9 Å². The van der Waals surface area contributed by atoms with E-state index in [1.807, 2.05) is 31.5 Å². The summed E-state index contributed by atoms with van der Waals surface area (Å²) in [7, 11) is 1.34. The maximum Gasteiger partial charge on any atom is 0.356 e. The second-order valence-corrected chi connectivity index (χ2v) is 11.7. The SMILES string of the molecule is COC(=O)c1ccc(N2CCC[C@H](N(Cc3ccnc(C)c3)Cc3cn(C4CC4)c4cc(Cl)c(F)cc4c3=O)C2)cn1. The summed E-state index contributed by atoms with van der Waals surface area (Å²) >= 11 is 6.13. The quantitative estimate of drug-likeness (QED) is 0.244. The van der Waals surface area contributed by atoms with Crippen molar-refractivity contribution in [2.24, 2.45) is 0 Å². The molecule has 2 fully saturated rings. The number of ether oxygens (including phenoxy) is 1.